The molecule has 4 rings (SSSR count). The Hall–Kier alpha value is -2.32. The summed E-state index contributed by atoms with van der Waals surface area (Å²) in [5.41, 5.74) is 3.31. The van der Waals surface area contributed by atoms with Crippen LogP contribution in [-0.2, 0) is 7.05 Å². The molecule has 2 nitrogen and oxygen atoms in total. The first kappa shape index (κ1) is 16.2. The molecule has 3 heteroatoms. The molecule has 25 heavy (non-hydrogen) atoms. The van der Waals surface area contributed by atoms with Gasteiger partial charge in [-0.15, -0.1) is 0 Å². The van der Waals surface area contributed by atoms with Gasteiger partial charge < -0.3 is 4.57 Å². The number of imidazole rings is 1. The van der Waals surface area contributed by atoms with Crippen molar-refractivity contribution in [2.75, 3.05) is 0 Å². The Kier molecular flexibility index (Phi) is 4.46. The lowest BCUT2D eigenvalue weighted by atomic mass is 9.94. The topological polar surface area (TPSA) is 17.8 Å². The highest BCUT2D eigenvalue weighted by atomic mass is 35.5. The van der Waals surface area contributed by atoms with E-state index in [4.69, 9.17) is 16.6 Å². The number of nitrogens with zero attached hydrogens (tertiary/aromatic N) is 2. The number of hydrogen-bond donors (Lipinski definition) is 0. The largest absolute Gasteiger partial charge is 0.330 e. The fraction of sp³-hybridized carbons (Fsp3) is 0.227. The summed E-state index contributed by atoms with van der Waals surface area (Å²) in [6, 6.07) is 8.05. The third-order valence-electron chi connectivity index (χ3n) is 4.93. The molecule has 0 fully saturated rings. The molecule has 0 saturated carbocycles. The summed E-state index contributed by atoms with van der Waals surface area (Å²) >= 11 is 6.54. The van der Waals surface area contributed by atoms with Gasteiger partial charge in [-0.3, -0.25) is 0 Å². The van der Waals surface area contributed by atoms with Crippen LogP contribution >= 0.6 is 11.6 Å². The van der Waals surface area contributed by atoms with E-state index < -0.39 is 0 Å². The van der Waals surface area contributed by atoms with E-state index in [1.54, 1.807) is 0 Å². The number of rotatable bonds is 3. The predicted molar refractivity (Wildman–Crippen MR) is 105 cm³/mol. The molecule has 126 valence electrons. The van der Waals surface area contributed by atoms with Crippen molar-refractivity contribution < 1.29 is 0 Å². The Morgan fingerprint density at radius 3 is 2.28 bits per heavy atom. The van der Waals surface area contributed by atoms with Crippen LogP contribution in [0.3, 0.4) is 0 Å². The van der Waals surface area contributed by atoms with Crippen LogP contribution in [0.15, 0.2) is 72.9 Å². The first-order valence-electron chi connectivity index (χ1n) is 8.73. The van der Waals surface area contributed by atoms with Crippen molar-refractivity contribution in [1.29, 1.82) is 0 Å². The second-order valence-electron chi connectivity index (χ2n) is 6.55. The highest BCUT2D eigenvalue weighted by Crippen LogP contribution is 2.39. The van der Waals surface area contributed by atoms with Crippen LogP contribution < -0.4 is 0 Å². The van der Waals surface area contributed by atoms with E-state index >= 15 is 0 Å². The van der Waals surface area contributed by atoms with E-state index in [0.29, 0.717) is 11.8 Å². The van der Waals surface area contributed by atoms with E-state index in [2.05, 4.69) is 66.3 Å². The second kappa shape index (κ2) is 6.89. The molecular formula is C22H21ClN2. The van der Waals surface area contributed by atoms with Crippen LogP contribution in [0.5, 0.6) is 0 Å². The average molecular weight is 349 g/mol. The maximum absolute atomic E-state index is 6.54. The van der Waals surface area contributed by atoms with Crippen LogP contribution in [-0.4, -0.2) is 9.55 Å². The summed E-state index contributed by atoms with van der Waals surface area (Å²) < 4.78 is 2.23. The zero-order valence-corrected chi connectivity index (χ0v) is 15.0. The number of hydrogen-bond acceptors (Lipinski definition) is 1. The molecule has 0 N–H and O–H groups in total. The van der Waals surface area contributed by atoms with Crippen LogP contribution in [0.4, 0.5) is 0 Å². The Morgan fingerprint density at radius 2 is 1.64 bits per heavy atom. The molecule has 2 atom stereocenters. The molecule has 2 unspecified atom stereocenters. The molecule has 0 aliphatic heterocycles. The normalized spacial score (nSPS) is 21.8. The lowest BCUT2D eigenvalue weighted by Gasteiger charge is -2.15. The Labute approximate surface area is 153 Å². The summed E-state index contributed by atoms with van der Waals surface area (Å²) in [6.45, 7) is 0. The van der Waals surface area contributed by atoms with E-state index in [1.165, 1.54) is 0 Å². The van der Waals surface area contributed by atoms with Gasteiger partial charge in [0.1, 0.15) is 5.82 Å². The van der Waals surface area contributed by atoms with Gasteiger partial charge in [-0.1, -0.05) is 78.4 Å². The number of allylic oxidation sites excluding steroid dienone is 8. The Balaban J connectivity index is 1.88. The molecule has 2 aliphatic carbocycles. The fourth-order valence-electron chi connectivity index (χ4n) is 3.66. The van der Waals surface area contributed by atoms with Crippen molar-refractivity contribution in [3.05, 3.63) is 89.4 Å². The van der Waals surface area contributed by atoms with Crippen molar-refractivity contribution in [3.8, 4) is 11.3 Å². The molecular weight excluding hydrogens is 328 g/mol. The molecule has 1 aromatic heterocycles. The molecule has 2 aliphatic rings. The molecule has 0 amide bonds. The van der Waals surface area contributed by atoms with Crippen LogP contribution in [0.25, 0.3) is 11.3 Å². The highest BCUT2D eigenvalue weighted by molar-refractivity contribution is 6.33. The summed E-state index contributed by atoms with van der Waals surface area (Å²) in [5, 5.41) is 0.771. The predicted octanol–water partition coefficient (Wildman–Crippen LogP) is 5.94. The van der Waals surface area contributed by atoms with E-state index in [9.17, 15) is 0 Å². The first-order valence-corrected chi connectivity index (χ1v) is 9.11. The van der Waals surface area contributed by atoms with Gasteiger partial charge in [0, 0.05) is 29.5 Å². The van der Waals surface area contributed by atoms with Gasteiger partial charge in [0.2, 0.25) is 0 Å². The van der Waals surface area contributed by atoms with Gasteiger partial charge in [-0.2, -0.15) is 0 Å². The molecule has 0 bridgehead atoms. The van der Waals surface area contributed by atoms with Gasteiger partial charge in [0.15, 0.2) is 0 Å². The standard InChI is InChI=1S/C22H21ClN2/c1-25-21(18-14-8-9-15-19(18)23)20(16-10-4-2-5-11-16)24-22(25)17-12-6-3-7-13-17/h2-10,12,14-17H,11,13H2,1H3. The van der Waals surface area contributed by atoms with Crippen molar-refractivity contribution in [1.82, 2.24) is 9.55 Å². The van der Waals surface area contributed by atoms with Crippen molar-refractivity contribution in [2.45, 2.75) is 24.7 Å². The molecule has 0 spiro atoms. The fourth-order valence-corrected chi connectivity index (χ4v) is 3.88. The number of benzene rings is 1. The maximum atomic E-state index is 6.54. The van der Waals surface area contributed by atoms with Crippen molar-refractivity contribution in [2.24, 2.45) is 7.05 Å². The van der Waals surface area contributed by atoms with E-state index in [0.717, 1.165) is 40.6 Å². The summed E-state index contributed by atoms with van der Waals surface area (Å²) in [5.74, 6) is 1.71. The highest BCUT2D eigenvalue weighted by Gasteiger charge is 2.26. The zero-order valence-electron chi connectivity index (χ0n) is 14.3. The smallest absolute Gasteiger partial charge is 0.116 e. The minimum absolute atomic E-state index is 0.291. The summed E-state index contributed by atoms with van der Waals surface area (Å²) in [4.78, 5) is 5.11. The summed E-state index contributed by atoms with van der Waals surface area (Å²) in [6.07, 6.45) is 19.3. The van der Waals surface area contributed by atoms with Crippen molar-refractivity contribution >= 4 is 11.6 Å². The van der Waals surface area contributed by atoms with Gasteiger partial charge in [0.05, 0.1) is 11.4 Å². The first-order chi connectivity index (χ1) is 12.3. The lowest BCUT2D eigenvalue weighted by Crippen LogP contribution is -2.06. The van der Waals surface area contributed by atoms with Crippen LogP contribution in [0.1, 0.15) is 36.2 Å². The second-order valence-corrected chi connectivity index (χ2v) is 6.96. The molecule has 1 heterocycles. The van der Waals surface area contributed by atoms with Gasteiger partial charge in [-0.25, -0.2) is 4.98 Å². The van der Waals surface area contributed by atoms with Crippen LogP contribution in [0.2, 0.25) is 5.02 Å². The minimum atomic E-state index is 0.291. The van der Waals surface area contributed by atoms with Gasteiger partial charge in [0.25, 0.3) is 0 Å². The monoisotopic (exact) mass is 348 g/mol. The molecule has 1 aromatic carbocycles. The van der Waals surface area contributed by atoms with E-state index in [1.807, 2.05) is 18.2 Å². The third kappa shape index (κ3) is 3.03. The minimum Gasteiger partial charge on any atom is -0.330 e. The summed E-state index contributed by atoms with van der Waals surface area (Å²) in [7, 11) is 2.11. The average Bonchev–Trinajstić information content (AvgIpc) is 3.01. The van der Waals surface area contributed by atoms with Gasteiger partial charge >= 0.3 is 0 Å². The van der Waals surface area contributed by atoms with Gasteiger partial charge in [-0.05, 0) is 18.9 Å². The Bertz CT molecular complexity index is 899. The quantitative estimate of drug-likeness (QED) is 0.671. The molecule has 0 radical (unpaired) electrons. The maximum Gasteiger partial charge on any atom is 0.116 e. The molecule has 0 saturated heterocycles. The number of halogens is 1. The molecule has 2 aromatic rings. The zero-order chi connectivity index (χ0) is 17.2. The third-order valence-corrected chi connectivity index (χ3v) is 5.26. The van der Waals surface area contributed by atoms with E-state index in [-0.39, 0.29) is 0 Å². The Morgan fingerprint density at radius 1 is 0.960 bits per heavy atom. The SMILES string of the molecule is Cn1c(C2C=CC=CC2)nc(C2C=CC=CC2)c1-c1ccccc1Cl. The lowest BCUT2D eigenvalue weighted by molar-refractivity contribution is 0.712. The number of aromatic nitrogens is 2. The van der Waals surface area contributed by atoms with Crippen molar-refractivity contribution in [3.63, 3.8) is 0 Å². The van der Waals surface area contributed by atoms with Crippen LogP contribution in [0, 0.1) is 0 Å².